The van der Waals surface area contributed by atoms with Crippen LogP contribution in [0.2, 0.25) is 0 Å². The molecule has 0 bridgehead atoms. The molecule has 3 aliphatic rings. The smallest absolute Gasteiger partial charge is 0.249 e. The van der Waals surface area contributed by atoms with Crippen LogP contribution in [0.5, 0.6) is 0 Å². The highest BCUT2D eigenvalue weighted by Crippen LogP contribution is 2.31. The number of likely N-dealkylation sites (tertiary alicyclic amines) is 1. The van der Waals surface area contributed by atoms with E-state index in [0.717, 1.165) is 45.6 Å². The van der Waals surface area contributed by atoms with E-state index in [2.05, 4.69) is 0 Å². The molecule has 3 heterocycles. The molecule has 0 aromatic carbocycles. The van der Waals surface area contributed by atoms with Gasteiger partial charge in [0.1, 0.15) is 6.61 Å². The molecule has 0 spiro atoms. The summed E-state index contributed by atoms with van der Waals surface area (Å²) in [5.41, 5.74) is 0. The van der Waals surface area contributed by atoms with Crippen LogP contribution in [0.3, 0.4) is 0 Å². The van der Waals surface area contributed by atoms with Crippen molar-refractivity contribution in [1.29, 1.82) is 0 Å². The van der Waals surface area contributed by atoms with E-state index < -0.39 is 0 Å². The molecule has 6 heteroatoms. The molecular formula is C15H24N2O4. The first-order chi connectivity index (χ1) is 10.2. The summed E-state index contributed by atoms with van der Waals surface area (Å²) in [6.07, 6.45) is 3.33. The van der Waals surface area contributed by atoms with Gasteiger partial charge in [-0.3, -0.25) is 9.59 Å². The predicted molar refractivity (Wildman–Crippen MR) is 75.6 cm³/mol. The molecule has 0 aromatic heterocycles. The maximum Gasteiger partial charge on any atom is 0.249 e. The Morgan fingerprint density at radius 3 is 2.62 bits per heavy atom. The summed E-state index contributed by atoms with van der Waals surface area (Å²) in [6, 6.07) is 0. The molecule has 21 heavy (non-hydrogen) atoms. The predicted octanol–water partition coefficient (Wildman–Crippen LogP) is 0.120. The van der Waals surface area contributed by atoms with Gasteiger partial charge in [0, 0.05) is 32.8 Å². The van der Waals surface area contributed by atoms with Crippen molar-refractivity contribution in [2.24, 2.45) is 11.8 Å². The molecule has 0 saturated carbocycles. The molecule has 0 aliphatic carbocycles. The Bertz CT molecular complexity index is 395. The van der Waals surface area contributed by atoms with Gasteiger partial charge in [-0.2, -0.15) is 0 Å². The first-order valence-corrected chi connectivity index (χ1v) is 7.95. The lowest BCUT2D eigenvalue weighted by Gasteiger charge is -2.29. The van der Waals surface area contributed by atoms with Crippen LogP contribution in [0.4, 0.5) is 0 Å². The van der Waals surface area contributed by atoms with Gasteiger partial charge in [-0.05, 0) is 31.1 Å². The monoisotopic (exact) mass is 296 g/mol. The van der Waals surface area contributed by atoms with Gasteiger partial charge in [0.25, 0.3) is 0 Å². The highest BCUT2D eigenvalue weighted by molar-refractivity contribution is 5.85. The fourth-order valence-corrected chi connectivity index (χ4v) is 3.57. The number of carbonyl (C=O) groups is 2. The number of morpholine rings is 1. The summed E-state index contributed by atoms with van der Waals surface area (Å²) in [5.74, 6) is 1.31. The first kappa shape index (κ1) is 14.8. The molecule has 1 unspecified atom stereocenters. The lowest BCUT2D eigenvalue weighted by molar-refractivity contribution is -0.148. The largest absolute Gasteiger partial charge is 0.381 e. The second kappa shape index (κ2) is 6.75. The van der Waals surface area contributed by atoms with Crippen LogP contribution in [0, 0.1) is 11.8 Å². The fourth-order valence-electron chi connectivity index (χ4n) is 3.57. The summed E-state index contributed by atoms with van der Waals surface area (Å²) in [7, 11) is 0. The second-order valence-corrected chi connectivity index (χ2v) is 6.21. The normalized spacial score (nSPS) is 28.2. The Kier molecular flexibility index (Phi) is 4.75. The topological polar surface area (TPSA) is 59.1 Å². The highest BCUT2D eigenvalue weighted by Gasteiger charge is 2.33. The molecule has 6 nitrogen and oxygen atoms in total. The average Bonchev–Trinajstić information content (AvgIpc) is 3.00. The lowest BCUT2D eigenvalue weighted by Crippen LogP contribution is -2.47. The molecule has 3 saturated heterocycles. The molecule has 3 rings (SSSR count). The van der Waals surface area contributed by atoms with Crippen LogP contribution in [0.1, 0.15) is 19.3 Å². The van der Waals surface area contributed by atoms with Crippen molar-refractivity contribution >= 4 is 11.8 Å². The van der Waals surface area contributed by atoms with Gasteiger partial charge in [0.05, 0.1) is 13.2 Å². The minimum Gasteiger partial charge on any atom is -0.381 e. The van der Waals surface area contributed by atoms with Crippen LogP contribution >= 0.6 is 0 Å². The zero-order valence-corrected chi connectivity index (χ0v) is 12.5. The average molecular weight is 296 g/mol. The summed E-state index contributed by atoms with van der Waals surface area (Å²) in [4.78, 5) is 27.6. The third-order valence-electron chi connectivity index (χ3n) is 4.92. The van der Waals surface area contributed by atoms with Crippen molar-refractivity contribution in [3.8, 4) is 0 Å². The Morgan fingerprint density at radius 1 is 1.05 bits per heavy atom. The van der Waals surface area contributed by atoms with E-state index in [0.29, 0.717) is 25.0 Å². The molecule has 0 aromatic rings. The van der Waals surface area contributed by atoms with E-state index in [1.165, 1.54) is 0 Å². The number of rotatable bonds is 3. The molecule has 3 fully saturated rings. The number of hydrogen-bond acceptors (Lipinski definition) is 4. The van der Waals surface area contributed by atoms with Gasteiger partial charge in [0.15, 0.2) is 0 Å². The van der Waals surface area contributed by atoms with E-state index in [-0.39, 0.29) is 25.0 Å². The van der Waals surface area contributed by atoms with Gasteiger partial charge in [0.2, 0.25) is 11.8 Å². The first-order valence-electron chi connectivity index (χ1n) is 7.95. The Hall–Kier alpha value is -1.14. The van der Waals surface area contributed by atoms with Crippen LogP contribution in [0.15, 0.2) is 0 Å². The van der Waals surface area contributed by atoms with Crippen LogP contribution in [-0.2, 0) is 19.1 Å². The third-order valence-corrected chi connectivity index (χ3v) is 4.92. The van der Waals surface area contributed by atoms with Crippen LogP contribution in [-0.4, -0.2) is 74.2 Å². The number of amides is 2. The number of nitrogens with zero attached hydrogens (tertiary/aromatic N) is 2. The summed E-state index contributed by atoms with van der Waals surface area (Å²) in [5, 5.41) is 0. The number of ether oxygens (including phenoxy) is 2. The van der Waals surface area contributed by atoms with E-state index in [1.807, 2.05) is 4.90 Å². The van der Waals surface area contributed by atoms with Crippen molar-refractivity contribution in [2.75, 3.05) is 52.6 Å². The van der Waals surface area contributed by atoms with Crippen molar-refractivity contribution in [1.82, 2.24) is 9.80 Å². The molecule has 3 aliphatic heterocycles. The summed E-state index contributed by atoms with van der Waals surface area (Å²) >= 11 is 0. The van der Waals surface area contributed by atoms with Gasteiger partial charge in [-0.1, -0.05) is 0 Å². The van der Waals surface area contributed by atoms with E-state index in [1.54, 1.807) is 4.90 Å². The SMILES string of the molecule is O=C1COCCN1CC(=O)N1CCC(C2CCOCC2)C1. The van der Waals surface area contributed by atoms with Crippen molar-refractivity contribution in [2.45, 2.75) is 19.3 Å². The maximum absolute atomic E-state index is 12.4. The molecule has 0 radical (unpaired) electrons. The third kappa shape index (κ3) is 3.55. The Balaban J connectivity index is 1.48. The highest BCUT2D eigenvalue weighted by atomic mass is 16.5. The van der Waals surface area contributed by atoms with Crippen LogP contribution in [0.25, 0.3) is 0 Å². The van der Waals surface area contributed by atoms with E-state index in [9.17, 15) is 9.59 Å². The van der Waals surface area contributed by atoms with Crippen molar-refractivity contribution in [3.63, 3.8) is 0 Å². The summed E-state index contributed by atoms with van der Waals surface area (Å²) in [6.45, 7) is 4.78. The fraction of sp³-hybridized carbons (Fsp3) is 0.867. The van der Waals surface area contributed by atoms with Crippen LogP contribution < -0.4 is 0 Å². The van der Waals surface area contributed by atoms with Gasteiger partial charge in [-0.25, -0.2) is 0 Å². The molecule has 0 N–H and O–H groups in total. The second-order valence-electron chi connectivity index (χ2n) is 6.21. The standard InChI is InChI=1S/C15H24N2O4/c18-14(10-17-5-8-21-11-15(17)19)16-4-1-13(9-16)12-2-6-20-7-3-12/h12-13H,1-11H2. The van der Waals surface area contributed by atoms with Crippen molar-refractivity contribution in [3.05, 3.63) is 0 Å². The minimum atomic E-state index is -0.0743. The zero-order chi connectivity index (χ0) is 14.7. The number of hydrogen-bond donors (Lipinski definition) is 0. The maximum atomic E-state index is 12.4. The molecular weight excluding hydrogens is 272 g/mol. The van der Waals surface area contributed by atoms with E-state index >= 15 is 0 Å². The lowest BCUT2D eigenvalue weighted by atomic mass is 9.85. The number of carbonyl (C=O) groups excluding carboxylic acids is 2. The molecule has 118 valence electrons. The van der Waals surface area contributed by atoms with Gasteiger partial charge < -0.3 is 19.3 Å². The molecule has 2 amide bonds. The van der Waals surface area contributed by atoms with Gasteiger partial charge >= 0.3 is 0 Å². The van der Waals surface area contributed by atoms with E-state index in [4.69, 9.17) is 9.47 Å². The van der Waals surface area contributed by atoms with Gasteiger partial charge in [-0.15, -0.1) is 0 Å². The van der Waals surface area contributed by atoms with Crippen molar-refractivity contribution < 1.29 is 19.1 Å². The molecule has 1 atom stereocenters. The Labute approximate surface area is 125 Å². The minimum absolute atomic E-state index is 0.0743. The Morgan fingerprint density at radius 2 is 1.86 bits per heavy atom. The zero-order valence-electron chi connectivity index (χ0n) is 12.5. The quantitative estimate of drug-likeness (QED) is 0.742. The summed E-state index contributed by atoms with van der Waals surface area (Å²) < 4.78 is 10.5.